The van der Waals surface area contributed by atoms with Gasteiger partial charge in [0, 0.05) is 30.7 Å². The molecule has 0 spiro atoms. The topological polar surface area (TPSA) is 59.2 Å². The highest BCUT2D eigenvalue weighted by Gasteiger charge is 2.11. The van der Waals surface area contributed by atoms with Gasteiger partial charge in [0.15, 0.2) is 0 Å². The number of amides is 1. The van der Waals surface area contributed by atoms with Gasteiger partial charge in [-0.15, -0.1) is 0 Å². The van der Waals surface area contributed by atoms with Crippen molar-refractivity contribution in [3.63, 3.8) is 0 Å². The van der Waals surface area contributed by atoms with E-state index in [0.29, 0.717) is 5.56 Å². The van der Waals surface area contributed by atoms with Crippen LogP contribution in [-0.4, -0.2) is 35.9 Å². The first-order valence-corrected chi connectivity index (χ1v) is 7.02. The van der Waals surface area contributed by atoms with E-state index in [1.165, 1.54) is 0 Å². The minimum Gasteiger partial charge on any atom is -0.342 e. The number of hydrogen-bond acceptors (Lipinski definition) is 3. The Hall–Kier alpha value is -1.94. The molecule has 20 heavy (non-hydrogen) atoms. The number of carbonyl (C=O) groups excluding carboxylic acids is 1. The Morgan fingerprint density at radius 1 is 1.25 bits per heavy atom. The lowest BCUT2D eigenvalue weighted by atomic mass is 10.1. The number of benzene rings is 1. The quantitative estimate of drug-likeness (QED) is 0.821. The minimum absolute atomic E-state index is 0.0588. The van der Waals surface area contributed by atoms with E-state index in [0.717, 1.165) is 43.3 Å². The zero-order valence-corrected chi connectivity index (χ0v) is 11.9. The number of nitrogens with zero attached hydrogens (tertiary/aromatic N) is 2. The Morgan fingerprint density at radius 3 is 2.90 bits per heavy atom. The van der Waals surface area contributed by atoms with Crippen molar-refractivity contribution >= 4 is 16.8 Å². The van der Waals surface area contributed by atoms with Crippen molar-refractivity contribution < 1.29 is 4.79 Å². The highest BCUT2D eigenvalue weighted by molar-refractivity contribution is 5.97. The first kappa shape index (κ1) is 14.5. The summed E-state index contributed by atoms with van der Waals surface area (Å²) in [6.07, 6.45) is 4.83. The number of hydrogen-bond donors (Lipinski definition) is 1. The van der Waals surface area contributed by atoms with Crippen LogP contribution in [0.5, 0.6) is 0 Å². The average molecular weight is 271 g/mol. The number of rotatable bonds is 6. The van der Waals surface area contributed by atoms with E-state index in [2.05, 4.69) is 4.98 Å². The first-order chi connectivity index (χ1) is 9.72. The van der Waals surface area contributed by atoms with Gasteiger partial charge in [-0.25, -0.2) is 0 Å². The van der Waals surface area contributed by atoms with E-state index in [1.807, 2.05) is 37.4 Å². The van der Waals surface area contributed by atoms with Crippen LogP contribution in [0.15, 0.2) is 36.5 Å². The lowest BCUT2D eigenvalue weighted by Gasteiger charge is -2.17. The van der Waals surface area contributed by atoms with E-state index in [1.54, 1.807) is 11.1 Å². The molecule has 0 aliphatic carbocycles. The molecule has 0 fully saturated rings. The summed E-state index contributed by atoms with van der Waals surface area (Å²) >= 11 is 0. The van der Waals surface area contributed by atoms with Gasteiger partial charge in [0.1, 0.15) is 0 Å². The maximum absolute atomic E-state index is 12.3. The number of unbranched alkanes of at least 4 members (excludes halogenated alkanes) is 2. The Labute approximate surface area is 119 Å². The Balaban J connectivity index is 2.02. The van der Waals surface area contributed by atoms with Crippen molar-refractivity contribution in [2.24, 2.45) is 5.73 Å². The predicted molar refractivity (Wildman–Crippen MR) is 81.6 cm³/mol. The summed E-state index contributed by atoms with van der Waals surface area (Å²) in [6.45, 7) is 1.49. The molecule has 106 valence electrons. The molecule has 2 rings (SSSR count). The highest BCUT2D eigenvalue weighted by atomic mass is 16.2. The molecule has 4 nitrogen and oxygen atoms in total. The second-order valence-electron chi connectivity index (χ2n) is 4.99. The Morgan fingerprint density at radius 2 is 2.10 bits per heavy atom. The molecule has 1 aromatic heterocycles. The van der Waals surface area contributed by atoms with Crippen molar-refractivity contribution in [1.29, 1.82) is 0 Å². The lowest BCUT2D eigenvalue weighted by Crippen LogP contribution is -2.27. The van der Waals surface area contributed by atoms with Gasteiger partial charge in [-0.1, -0.05) is 12.5 Å². The molecule has 2 aromatic rings. The van der Waals surface area contributed by atoms with Crippen LogP contribution >= 0.6 is 0 Å². The fourth-order valence-electron chi connectivity index (χ4n) is 2.20. The van der Waals surface area contributed by atoms with E-state index in [4.69, 9.17) is 5.73 Å². The molecule has 1 amide bonds. The van der Waals surface area contributed by atoms with Gasteiger partial charge in [-0.05, 0) is 43.7 Å². The minimum atomic E-state index is 0.0588. The summed E-state index contributed by atoms with van der Waals surface area (Å²) in [4.78, 5) is 18.4. The van der Waals surface area contributed by atoms with Gasteiger partial charge in [0.25, 0.3) is 5.91 Å². The van der Waals surface area contributed by atoms with Crippen LogP contribution in [0.4, 0.5) is 0 Å². The molecule has 2 N–H and O–H groups in total. The Bertz CT molecular complexity index is 583. The Kier molecular flexibility index (Phi) is 5.07. The fourth-order valence-corrected chi connectivity index (χ4v) is 2.20. The normalized spacial score (nSPS) is 10.7. The molecule has 0 saturated carbocycles. The number of pyridine rings is 1. The largest absolute Gasteiger partial charge is 0.342 e. The molecule has 0 atom stereocenters. The summed E-state index contributed by atoms with van der Waals surface area (Å²) in [5.41, 5.74) is 7.09. The third kappa shape index (κ3) is 3.54. The highest BCUT2D eigenvalue weighted by Crippen LogP contribution is 2.14. The fraction of sp³-hybridized carbons (Fsp3) is 0.375. The predicted octanol–water partition coefficient (Wildman–Crippen LogP) is 2.44. The van der Waals surface area contributed by atoms with Crippen molar-refractivity contribution in [2.45, 2.75) is 19.3 Å². The summed E-state index contributed by atoms with van der Waals surface area (Å²) < 4.78 is 0. The van der Waals surface area contributed by atoms with Gasteiger partial charge >= 0.3 is 0 Å². The molecule has 0 bridgehead atoms. The van der Waals surface area contributed by atoms with Gasteiger partial charge in [0.05, 0.1) is 5.52 Å². The van der Waals surface area contributed by atoms with Gasteiger partial charge < -0.3 is 10.6 Å². The van der Waals surface area contributed by atoms with Gasteiger partial charge in [-0.3, -0.25) is 9.78 Å². The third-order valence-corrected chi connectivity index (χ3v) is 3.39. The summed E-state index contributed by atoms with van der Waals surface area (Å²) in [5.74, 6) is 0.0588. The number of carbonyl (C=O) groups is 1. The van der Waals surface area contributed by atoms with E-state index < -0.39 is 0 Å². The van der Waals surface area contributed by atoms with Crippen LogP contribution in [0, 0.1) is 0 Å². The molecule has 1 heterocycles. The van der Waals surface area contributed by atoms with Crippen LogP contribution in [0.2, 0.25) is 0 Å². The van der Waals surface area contributed by atoms with Gasteiger partial charge in [0.2, 0.25) is 0 Å². The summed E-state index contributed by atoms with van der Waals surface area (Å²) in [7, 11) is 1.85. The van der Waals surface area contributed by atoms with Crippen molar-refractivity contribution in [3.05, 3.63) is 42.1 Å². The molecular formula is C16H21N3O. The van der Waals surface area contributed by atoms with Crippen LogP contribution in [0.1, 0.15) is 29.6 Å². The van der Waals surface area contributed by atoms with Crippen molar-refractivity contribution in [2.75, 3.05) is 20.1 Å². The molecule has 4 heteroatoms. The monoisotopic (exact) mass is 271 g/mol. The molecule has 0 aliphatic heterocycles. The summed E-state index contributed by atoms with van der Waals surface area (Å²) in [6, 6.07) is 9.49. The van der Waals surface area contributed by atoms with E-state index in [-0.39, 0.29) is 5.91 Å². The lowest BCUT2D eigenvalue weighted by molar-refractivity contribution is 0.0793. The van der Waals surface area contributed by atoms with Crippen molar-refractivity contribution in [3.8, 4) is 0 Å². The second kappa shape index (κ2) is 7.01. The SMILES string of the molecule is CN(CCCCCN)C(=O)c1ccc2ncccc2c1. The zero-order chi connectivity index (χ0) is 14.4. The summed E-state index contributed by atoms with van der Waals surface area (Å²) in [5, 5.41) is 0.995. The van der Waals surface area contributed by atoms with Gasteiger partial charge in [-0.2, -0.15) is 0 Å². The number of nitrogens with two attached hydrogens (primary N) is 1. The van der Waals surface area contributed by atoms with Crippen LogP contribution in [0.25, 0.3) is 10.9 Å². The van der Waals surface area contributed by atoms with E-state index >= 15 is 0 Å². The van der Waals surface area contributed by atoms with Crippen molar-refractivity contribution in [1.82, 2.24) is 9.88 Å². The van der Waals surface area contributed by atoms with Crippen LogP contribution < -0.4 is 5.73 Å². The van der Waals surface area contributed by atoms with Crippen LogP contribution in [0.3, 0.4) is 0 Å². The zero-order valence-electron chi connectivity index (χ0n) is 11.9. The molecule has 0 unspecified atom stereocenters. The molecule has 1 aromatic carbocycles. The average Bonchev–Trinajstić information content (AvgIpc) is 2.50. The molecule has 0 saturated heterocycles. The number of aromatic nitrogens is 1. The molecular weight excluding hydrogens is 250 g/mol. The maximum atomic E-state index is 12.3. The molecule has 0 aliphatic rings. The standard InChI is InChI=1S/C16H21N3O/c1-19(11-4-2-3-9-17)16(20)14-7-8-15-13(12-14)6-5-10-18-15/h5-8,10,12H,2-4,9,11,17H2,1H3. The second-order valence-corrected chi connectivity index (χ2v) is 4.99. The first-order valence-electron chi connectivity index (χ1n) is 7.02. The smallest absolute Gasteiger partial charge is 0.253 e. The van der Waals surface area contributed by atoms with E-state index in [9.17, 15) is 4.79 Å². The number of fused-ring (bicyclic) bond motifs is 1. The third-order valence-electron chi connectivity index (χ3n) is 3.39. The molecule has 0 radical (unpaired) electrons. The maximum Gasteiger partial charge on any atom is 0.253 e. The van der Waals surface area contributed by atoms with Crippen LogP contribution in [-0.2, 0) is 0 Å².